The Morgan fingerprint density at radius 2 is 1.58 bits per heavy atom. The zero-order chi connectivity index (χ0) is 22.8. The molecule has 3 aromatic rings. The largest absolute Gasteiger partial charge is 0.496 e. The van der Waals surface area contributed by atoms with Gasteiger partial charge in [0.2, 0.25) is 10.0 Å². The molecule has 0 N–H and O–H groups in total. The highest BCUT2D eigenvalue weighted by molar-refractivity contribution is 7.89. The minimum absolute atomic E-state index is 0.0804. The lowest BCUT2D eigenvalue weighted by Gasteiger charge is -2.32. The van der Waals surface area contributed by atoms with Crippen LogP contribution in [0, 0.1) is 5.92 Å². The molecule has 2 atom stereocenters. The maximum Gasteiger partial charge on any atom is 0.243 e. The topological polar surface area (TPSA) is 49.9 Å². The molecule has 1 fully saturated rings. The first kappa shape index (κ1) is 22.1. The molecule has 5 nitrogen and oxygen atoms in total. The molecular formula is C27H30N2O3S. The first-order valence-electron chi connectivity index (χ1n) is 11.5. The first-order chi connectivity index (χ1) is 16.1. The van der Waals surface area contributed by atoms with E-state index >= 15 is 0 Å². The van der Waals surface area contributed by atoms with E-state index in [-0.39, 0.29) is 11.8 Å². The van der Waals surface area contributed by atoms with E-state index in [0.29, 0.717) is 18.0 Å². The number of fused-ring (bicyclic) bond motifs is 1. The Kier molecular flexibility index (Phi) is 6.23. The molecule has 1 saturated heterocycles. The van der Waals surface area contributed by atoms with Crippen molar-refractivity contribution in [2.75, 3.05) is 33.3 Å². The van der Waals surface area contributed by atoms with Crippen molar-refractivity contribution in [2.45, 2.75) is 23.8 Å². The van der Waals surface area contributed by atoms with Gasteiger partial charge >= 0.3 is 0 Å². The molecule has 2 unspecified atom stereocenters. The molecule has 172 valence electrons. The molecule has 2 aliphatic rings. The fourth-order valence-corrected chi connectivity index (χ4v) is 6.87. The third-order valence-corrected chi connectivity index (χ3v) is 8.88. The van der Waals surface area contributed by atoms with Gasteiger partial charge in [-0.3, -0.25) is 4.90 Å². The van der Waals surface area contributed by atoms with E-state index in [1.54, 1.807) is 35.7 Å². The summed E-state index contributed by atoms with van der Waals surface area (Å²) in [6.07, 6.45) is 1.04. The Morgan fingerprint density at radius 3 is 2.36 bits per heavy atom. The van der Waals surface area contributed by atoms with E-state index in [2.05, 4.69) is 35.2 Å². The van der Waals surface area contributed by atoms with Crippen LogP contribution in [0.3, 0.4) is 0 Å². The second-order valence-corrected chi connectivity index (χ2v) is 10.9. The van der Waals surface area contributed by atoms with Crippen LogP contribution >= 0.6 is 0 Å². The number of rotatable bonds is 6. The predicted octanol–water partition coefficient (Wildman–Crippen LogP) is 4.16. The molecule has 0 saturated carbocycles. The molecule has 0 aromatic heterocycles. The van der Waals surface area contributed by atoms with E-state index in [1.165, 1.54) is 11.1 Å². The summed E-state index contributed by atoms with van der Waals surface area (Å²) < 4.78 is 34.2. The van der Waals surface area contributed by atoms with E-state index in [1.807, 2.05) is 24.3 Å². The molecule has 33 heavy (non-hydrogen) atoms. The average Bonchev–Trinajstić information content (AvgIpc) is 3.29. The van der Waals surface area contributed by atoms with Gasteiger partial charge < -0.3 is 4.74 Å². The minimum Gasteiger partial charge on any atom is -0.496 e. The zero-order valence-electron chi connectivity index (χ0n) is 18.9. The Labute approximate surface area is 196 Å². The highest BCUT2D eigenvalue weighted by Gasteiger charge is 2.41. The monoisotopic (exact) mass is 462 g/mol. The number of methoxy groups -OCH3 is 1. The average molecular weight is 463 g/mol. The van der Waals surface area contributed by atoms with Gasteiger partial charge in [0.15, 0.2) is 0 Å². The third-order valence-electron chi connectivity index (χ3n) is 7.03. The molecule has 0 bridgehead atoms. The lowest BCUT2D eigenvalue weighted by molar-refractivity contribution is 0.209. The minimum atomic E-state index is -3.55. The standard InChI is InChI=1S/C27H30N2O3S/c1-32-27-14-8-7-13-25(27)26-20-29(33(30,31)24-11-3-2-4-12-24)19-23(26)18-28-16-15-21-9-5-6-10-22(21)17-28/h2-14,23,26H,15-20H2,1H3. The molecule has 6 heteroatoms. The molecule has 2 aliphatic heterocycles. The molecule has 2 heterocycles. The van der Waals surface area contributed by atoms with Gasteiger partial charge in [0.1, 0.15) is 5.75 Å². The Hall–Kier alpha value is -2.67. The van der Waals surface area contributed by atoms with Crippen LogP contribution in [0.4, 0.5) is 0 Å². The van der Waals surface area contributed by atoms with Crippen LogP contribution in [-0.4, -0.2) is 50.9 Å². The van der Waals surface area contributed by atoms with Gasteiger partial charge in [-0.25, -0.2) is 8.42 Å². The van der Waals surface area contributed by atoms with Gasteiger partial charge in [-0.05, 0) is 47.2 Å². The van der Waals surface area contributed by atoms with Gasteiger partial charge in [0.05, 0.1) is 12.0 Å². The van der Waals surface area contributed by atoms with Crippen molar-refractivity contribution >= 4 is 10.0 Å². The zero-order valence-corrected chi connectivity index (χ0v) is 19.7. The highest BCUT2D eigenvalue weighted by Crippen LogP contribution is 2.40. The summed E-state index contributed by atoms with van der Waals surface area (Å²) in [6.45, 7) is 3.75. The van der Waals surface area contributed by atoms with E-state index < -0.39 is 10.0 Å². The highest BCUT2D eigenvalue weighted by atomic mass is 32.2. The number of sulfonamides is 1. The lowest BCUT2D eigenvalue weighted by atomic mass is 9.87. The van der Waals surface area contributed by atoms with Crippen LogP contribution in [0.25, 0.3) is 0 Å². The molecule has 0 radical (unpaired) electrons. The van der Waals surface area contributed by atoms with Gasteiger partial charge in [0.25, 0.3) is 0 Å². The van der Waals surface area contributed by atoms with Crippen molar-refractivity contribution in [1.82, 2.24) is 9.21 Å². The van der Waals surface area contributed by atoms with Crippen LogP contribution in [-0.2, 0) is 23.0 Å². The normalized spacial score (nSPS) is 21.6. The second kappa shape index (κ2) is 9.29. The van der Waals surface area contributed by atoms with Gasteiger partial charge in [-0.15, -0.1) is 0 Å². The van der Waals surface area contributed by atoms with Crippen molar-refractivity contribution in [1.29, 1.82) is 0 Å². The third kappa shape index (κ3) is 4.43. The van der Waals surface area contributed by atoms with Crippen molar-refractivity contribution in [3.05, 3.63) is 95.6 Å². The molecule has 0 spiro atoms. The molecule has 0 aliphatic carbocycles. The van der Waals surface area contributed by atoms with Crippen LogP contribution < -0.4 is 4.74 Å². The van der Waals surface area contributed by atoms with Crippen LogP contribution in [0.1, 0.15) is 22.6 Å². The van der Waals surface area contributed by atoms with E-state index in [9.17, 15) is 8.42 Å². The van der Waals surface area contributed by atoms with Crippen molar-refractivity contribution in [2.24, 2.45) is 5.92 Å². The summed E-state index contributed by atoms with van der Waals surface area (Å²) in [5.41, 5.74) is 3.90. The van der Waals surface area contributed by atoms with Crippen molar-refractivity contribution in [3.8, 4) is 5.75 Å². The number of hydrogen-bond donors (Lipinski definition) is 0. The summed E-state index contributed by atoms with van der Waals surface area (Å²) in [5, 5.41) is 0. The first-order valence-corrected chi connectivity index (χ1v) is 13.0. The number of benzene rings is 3. The Morgan fingerprint density at radius 1 is 0.879 bits per heavy atom. The number of ether oxygens (including phenoxy) is 1. The molecule has 5 rings (SSSR count). The van der Waals surface area contributed by atoms with Crippen LogP contribution in [0.5, 0.6) is 5.75 Å². The van der Waals surface area contributed by atoms with Gasteiger partial charge in [0, 0.05) is 38.6 Å². The van der Waals surface area contributed by atoms with Crippen LogP contribution in [0.15, 0.2) is 83.8 Å². The molecule has 0 amide bonds. The number of nitrogens with zero attached hydrogens (tertiary/aromatic N) is 2. The summed E-state index contributed by atoms with van der Waals surface area (Å²) in [5.74, 6) is 1.09. The second-order valence-electron chi connectivity index (χ2n) is 9.00. The van der Waals surface area contributed by atoms with Gasteiger partial charge in [-0.1, -0.05) is 60.7 Å². The summed E-state index contributed by atoms with van der Waals surface area (Å²) in [4.78, 5) is 2.84. The fourth-order valence-electron chi connectivity index (χ4n) is 5.32. The maximum absolute atomic E-state index is 13.4. The van der Waals surface area contributed by atoms with Crippen molar-refractivity contribution in [3.63, 3.8) is 0 Å². The maximum atomic E-state index is 13.4. The van der Waals surface area contributed by atoms with E-state index in [4.69, 9.17) is 4.74 Å². The fraction of sp³-hybridized carbons (Fsp3) is 0.333. The Balaban J connectivity index is 1.44. The van der Waals surface area contributed by atoms with Crippen LogP contribution in [0.2, 0.25) is 0 Å². The SMILES string of the molecule is COc1ccccc1C1CN(S(=O)(=O)c2ccccc2)CC1CN1CCc2ccccc2C1. The summed E-state index contributed by atoms with van der Waals surface area (Å²) in [7, 11) is -1.86. The quantitative estimate of drug-likeness (QED) is 0.552. The van der Waals surface area contributed by atoms with E-state index in [0.717, 1.165) is 37.4 Å². The summed E-state index contributed by atoms with van der Waals surface area (Å²) >= 11 is 0. The van der Waals surface area contributed by atoms with Gasteiger partial charge in [-0.2, -0.15) is 4.31 Å². The number of para-hydroxylation sites is 1. The Bertz CT molecular complexity index is 1210. The smallest absolute Gasteiger partial charge is 0.243 e. The molecular weight excluding hydrogens is 432 g/mol. The summed E-state index contributed by atoms with van der Waals surface area (Å²) in [6, 6.07) is 25.4. The lowest BCUT2D eigenvalue weighted by Crippen LogP contribution is -2.37. The molecule has 3 aromatic carbocycles. The van der Waals surface area contributed by atoms with Crippen molar-refractivity contribution < 1.29 is 13.2 Å². The number of hydrogen-bond acceptors (Lipinski definition) is 4. The predicted molar refractivity (Wildman–Crippen MR) is 130 cm³/mol.